The number of carbonyl (C=O) groups excluding carboxylic acids is 1. The van der Waals surface area contributed by atoms with Crippen LogP contribution >= 0.6 is 0 Å². The molecule has 0 bridgehead atoms. The molecule has 2 rings (SSSR count). The monoisotopic (exact) mass is 277 g/mol. The van der Waals surface area contributed by atoms with E-state index < -0.39 is 0 Å². The van der Waals surface area contributed by atoms with Crippen molar-refractivity contribution in [3.05, 3.63) is 23.9 Å². The van der Waals surface area contributed by atoms with Crippen LogP contribution in [0.5, 0.6) is 0 Å². The predicted octanol–water partition coefficient (Wildman–Crippen LogP) is 1.38. The Hall–Kier alpha value is -1.62. The molecule has 0 saturated heterocycles. The zero-order valence-corrected chi connectivity index (χ0v) is 12.4. The zero-order chi connectivity index (χ0) is 14.7. The van der Waals surface area contributed by atoms with Gasteiger partial charge in [0, 0.05) is 39.8 Å². The lowest BCUT2D eigenvalue weighted by atomic mass is 10.1. The molecule has 1 aliphatic carbocycles. The van der Waals surface area contributed by atoms with Gasteiger partial charge in [-0.2, -0.15) is 0 Å². The highest BCUT2D eigenvalue weighted by Gasteiger charge is 2.28. The van der Waals surface area contributed by atoms with E-state index in [2.05, 4.69) is 4.98 Å². The highest BCUT2D eigenvalue weighted by molar-refractivity contribution is 5.98. The number of nitrogens with zero attached hydrogens (tertiary/aromatic N) is 3. The number of rotatable bonds is 4. The number of hydrogen-bond donors (Lipinski definition) is 1. The van der Waals surface area contributed by atoms with Crippen LogP contribution in [0.4, 0.5) is 5.82 Å². The zero-order valence-electron chi connectivity index (χ0n) is 12.4. The van der Waals surface area contributed by atoms with Crippen molar-refractivity contribution in [1.82, 2.24) is 9.88 Å². The summed E-state index contributed by atoms with van der Waals surface area (Å²) in [5.74, 6) is 0.834. The van der Waals surface area contributed by atoms with E-state index in [4.69, 9.17) is 0 Å². The summed E-state index contributed by atoms with van der Waals surface area (Å²) in [7, 11) is 5.54. The van der Waals surface area contributed by atoms with Crippen LogP contribution in [-0.4, -0.2) is 54.7 Å². The van der Waals surface area contributed by atoms with Gasteiger partial charge in [-0.1, -0.05) is 6.42 Å². The van der Waals surface area contributed by atoms with Crippen molar-refractivity contribution in [1.29, 1.82) is 0 Å². The topological polar surface area (TPSA) is 56.7 Å². The first kappa shape index (κ1) is 14.8. The molecule has 1 aromatic rings. The highest BCUT2D eigenvalue weighted by Crippen LogP contribution is 2.26. The number of amides is 1. The lowest BCUT2D eigenvalue weighted by Gasteiger charge is -2.25. The van der Waals surface area contributed by atoms with Crippen LogP contribution in [0.15, 0.2) is 18.3 Å². The highest BCUT2D eigenvalue weighted by atomic mass is 16.3. The molecule has 0 radical (unpaired) electrons. The fourth-order valence-electron chi connectivity index (χ4n) is 2.79. The van der Waals surface area contributed by atoms with Crippen LogP contribution in [0.2, 0.25) is 0 Å². The van der Waals surface area contributed by atoms with Gasteiger partial charge in [-0.3, -0.25) is 4.79 Å². The van der Waals surface area contributed by atoms with E-state index in [9.17, 15) is 9.90 Å². The van der Waals surface area contributed by atoms with Crippen LogP contribution in [0, 0.1) is 5.92 Å². The van der Waals surface area contributed by atoms with E-state index in [0.717, 1.165) is 19.3 Å². The van der Waals surface area contributed by atoms with Crippen molar-refractivity contribution in [2.45, 2.75) is 25.4 Å². The van der Waals surface area contributed by atoms with Crippen molar-refractivity contribution in [2.24, 2.45) is 5.92 Å². The SMILES string of the molecule is CN(CC1CCCC1O)C(=O)c1cccnc1N(C)C. The van der Waals surface area contributed by atoms with Crippen molar-refractivity contribution in [3.63, 3.8) is 0 Å². The summed E-state index contributed by atoms with van der Waals surface area (Å²) >= 11 is 0. The first-order valence-corrected chi connectivity index (χ1v) is 7.06. The molecule has 2 unspecified atom stereocenters. The van der Waals surface area contributed by atoms with E-state index in [1.165, 1.54) is 0 Å². The first-order chi connectivity index (χ1) is 9.50. The van der Waals surface area contributed by atoms with E-state index in [1.807, 2.05) is 19.0 Å². The standard InChI is InChI=1S/C15H23N3O2/c1-17(2)14-12(7-5-9-16-14)15(20)18(3)10-11-6-4-8-13(11)19/h5,7,9,11,13,19H,4,6,8,10H2,1-3H3. The molecular formula is C15H23N3O2. The molecule has 1 saturated carbocycles. The Morgan fingerprint density at radius 2 is 2.15 bits per heavy atom. The third-order valence-electron chi connectivity index (χ3n) is 3.91. The average molecular weight is 277 g/mol. The van der Waals surface area contributed by atoms with Gasteiger partial charge in [0.15, 0.2) is 0 Å². The Bertz CT molecular complexity index is 476. The van der Waals surface area contributed by atoms with E-state index in [1.54, 1.807) is 30.3 Å². The lowest BCUT2D eigenvalue weighted by molar-refractivity contribution is 0.0694. The maximum atomic E-state index is 12.5. The molecule has 0 spiro atoms. The molecule has 0 aliphatic heterocycles. The minimum absolute atomic E-state index is 0.0408. The Morgan fingerprint density at radius 1 is 1.40 bits per heavy atom. The van der Waals surface area contributed by atoms with Gasteiger partial charge in [-0.25, -0.2) is 4.98 Å². The van der Waals surface area contributed by atoms with E-state index >= 15 is 0 Å². The molecule has 1 aromatic heterocycles. The molecule has 5 nitrogen and oxygen atoms in total. The second-order valence-electron chi connectivity index (χ2n) is 5.71. The molecule has 2 atom stereocenters. The van der Waals surface area contributed by atoms with Gasteiger partial charge in [0.25, 0.3) is 5.91 Å². The maximum absolute atomic E-state index is 12.5. The van der Waals surface area contributed by atoms with Crippen LogP contribution in [0.25, 0.3) is 0 Å². The second-order valence-corrected chi connectivity index (χ2v) is 5.71. The molecule has 1 heterocycles. The largest absolute Gasteiger partial charge is 0.393 e. The average Bonchev–Trinajstić information content (AvgIpc) is 2.83. The van der Waals surface area contributed by atoms with Gasteiger partial charge < -0.3 is 14.9 Å². The van der Waals surface area contributed by atoms with Crippen molar-refractivity contribution >= 4 is 11.7 Å². The molecule has 1 fully saturated rings. The van der Waals surface area contributed by atoms with Crippen molar-refractivity contribution in [3.8, 4) is 0 Å². The summed E-state index contributed by atoms with van der Waals surface area (Å²) in [5, 5.41) is 9.87. The maximum Gasteiger partial charge on any atom is 0.257 e. The normalized spacial score (nSPS) is 21.8. The predicted molar refractivity (Wildman–Crippen MR) is 78.9 cm³/mol. The lowest BCUT2D eigenvalue weighted by Crippen LogP contribution is -2.35. The van der Waals surface area contributed by atoms with Crippen molar-refractivity contribution in [2.75, 3.05) is 32.6 Å². The van der Waals surface area contributed by atoms with E-state index in [-0.39, 0.29) is 17.9 Å². The number of carbonyl (C=O) groups is 1. The molecule has 5 heteroatoms. The number of hydrogen-bond acceptors (Lipinski definition) is 4. The Labute approximate surface area is 120 Å². The summed E-state index contributed by atoms with van der Waals surface area (Å²) in [4.78, 5) is 20.3. The fraction of sp³-hybridized carbons (Fsp3) is 0.600. The molecule has 20 heavy (non-hydrogen) atoms. The van der Waals surface area contributed by atoms with Gasteiger partial charge in [0.2, 0.25) is 0 Å². The molecular weight excluding hydrogens is 254 g/mol. The van der Waals surface area contributed by atoms with Gasteiger partial charge in [0.1, 0.15) is 5.82 Å². The van der Waals surface area contributed by atoms with Crippen LogP contribution in [0.3, 0.4) is 0 Å². The number of aliphatic hydroxyl groups is 1. The summed E-state index contributed by atoms with van der Waals surface area (Å²) in [6, 6.07) is 3.57. The molecule has 1 amide bonds. The quantitative estimate of drug-likeness (QED) is 0.903. The first-order valence-electron chi connectivity index (χ1n) is 7.06. The fourth-order valence-corrected chi connectivity index (χ4v) is 2.79. The Balaban J connectivity index is 2.10. The number of anilines is 1. The summed E-state index contributed by atoms with van der Waals surface area (Å²) in [5.41, 5.74) is 0.604. The minimum atomic E-state index is -0.271. The minimum Gasteiger partial charge on any atom is -0.393 e. The third kappa shape index (κ3) is 3.10. The van der Waals surface area contributed by atoms with Gasteiger partial charge >= 0.3 is 0 Å². The summed E-state index contributed by atoms with van der Waals surface area (Å²) < 4.78 is 0. The number of pyridine rings is 1. The molecule has 110 valence electrons. The number of aromatic nitrogens is 1. The van der Waals surface area contributed by atoms with Crippen molar-refractivity contribution < 1.29 is 9.90 Å². The van der Waals surface area contributed by atoms with Crippen LogP contribution < -0.4 is 4.90 Å². The molecule has 1 aliphatic rings. The van der Waals surface area contributed by atoms with E-state index in [0.29, 0.717) is 17.9 Å². The summed E-state index contributed by atoms with van der Waals surface area (Å²) in [6.45, 7) is 0.599. The Kier molecular flexibility index (Phi) is 4.60. The van der Waals surface area contributed by atoms with Gasteiger partial charge in [-0.15, -0.1) is 0 Å². The van der Waals surface area contributed by atoms with Crippen LogP contribution in [0.1, 0.15) is 29.6 Å². The second kappa shape index (κ2) is 6.22. The third-order valence-corrected chi connectivity index (χ3v) is 3.91. The van der Waals surface area contributed by atoms with Gasteiger partial charge in [0.05, 0.1) is 11.7 Å². The van der Waals surface area contributed by atoms with Gasteiger partial charge in [-0.05, 0) is 25.0 Å². The molecule has 0 aromatic carbocycles. The smallest absolute Gasteiger partial charge is 0.257 e. The Morgan fingerprint density at radius 3 is 2.75 bits per heavy atom. The molecule has 1 N–H and O–H groups in total. The van der Waals surface area contributed by atoms with Crippen LogP contribution in [-0.2, 0) is 0 Å². The summed E-state index contributed by atoms with van der Waals surface area (Å²) in [6.07, 6.45) is 4.30. The number of aliphatic hydroxyl groups excluding tert-OH is 1.